The first-order valence-corrected chi connectivity index (χ1v) is 5.66. The fourth-order valence-corrected chi connectivity index (χ4v) is 2.19. The third kappa shape index (κ3) is 3.99. The number of hydrogen-bond donors (Lipinski definition) is 2. The summed E-state index contributed by atoms with van der Waals surface area (Å²) in [7, 11) is 3.51. The number of aliphatic hydroxyl groups excluding tert-OH is 2. The molecule has 0 aromatic carbocycles. The van der Waals surface area contributed by atoms with Crippen molar-refractivity contribution in [2.45, 2.75) is 12.5 Å². The first-order valence-electron chi connectivity index (χ1n) is 5.66. The first-order chi connectivity index (χ1) is 7.62. The van der Waals surface area contributed by atoms with E-state index in [1.54, 1.807) is 7.11 Å². The molecule has 0 bridgehead atoms. The molecule has 1 rings (SSSR count). The van der Waals surface area contributed by atoms with Crippen molar-refractivity contribution in [1.82, 2.24) is 4.90 Å². The van der Waals surface area contributed by atoms with Crippen LogP contribution in [0.3, 0.4) is 0 Å². The summed E-state index contributed by atoms with van der Waals surface area (Å²) in [5.74, 6) is 0. The normalized spacial score (nSPS) is 27.6. The van der Waals surface area contributed by atoms with Crippen molar-refractivity contribution in [3.8, 4) is 0 Å². The second-order valence-corrected chi connectivity index (χ2v) is 4.77. The molecule has 0 saturated carbocycles. The third-order valence-corrected chi connectivity index (χ3v) is 3.01. The van der Waals surface area contributed by atoms with Gasteiger partial charge in [-0.1, -0.05) is 0 Å². The molecule has 0 radical (unpaired) electrons. The summed E-state index contributed by atoms with van der Waals surface area (Å²) >= 11 is 0. The van der Waals surface area contributed by atoms with Gasteiger partial charge >= 0.3 is 0 Å². The fraction of sp³-hybridized carbons (Fsp3) is 1.00. The Bertz CT molecular complexity index is 194. The summed E-state index contributed by atoms with van der Waals surface area (Å²) in [4.78, 5) is 2.02. The average molecular weight is 233 g/mol. The Kier molecular flexibility index (Phi) is 5.64. The highest BCUT2D eigenvalue weighted by atomic mass is 16.5. The van der Waals surface area contributed by atoms with Crippen molar-refractivity contribution in [2.75, 3.05) is 53.7 Å². The molecule has 2 atom stereocenters. The van der Waals surface area contributed by atoms with Crippen LogP contribution in [-0.2, 0) is 9.47 Å². The lowest BCUT2D eigenvalue weighted by atomic mass is 9.88. The van der Waals surface area contributed by atoms with Crippen LogP contribution in [-0.4, -0.2) is 74.9 Å². The second-order valence-electron chi connectivity index (χ2n) is 4.77. The molecule has 1 aliphatic rings. The molecule has 1 saturated heterocycles. The lowest BCUT2D eigenvalue weighted by Crippen LogP contribution is -2.42. The summed E-state index contributed by atoms with van der Waals surface area (Å²) in [6.45, 7) is 3.09. The van der Waals surface area contributed by atoms with Crippen molar-refractivity contribution in [1.29, 1.82) is 0 Å². The summed E-state index contributed by atoms with van der Waals surface area (Å²) < 4.78 is 10.2. The summed E-state index contributed by atoms with van der Waals surface area (Å²) in [6, 6.07) is 0. The van der Waals surface area contributed by atoms with Crippen LogP contribution >= 0.6 is 0 Å². The van der Waals surface area contributed by atoms with E-state index in [0.29, 0.717) is 19.8 Å². The number of hydrogen-bond acceptors (Lipinski definition) is 5. The molecular weight excluding hydrogens is 210 g/mol. The zero-order valence-corrected chi connectivity index (χ0v) is 10.2. The molecule has 1 fully saturated rings. The van der Waals surface area contributed by atoms with E-state index in [4.69, 9.17) is 9.47 Å². The molecule has 0 aromatic heterocycles. The van der Waals surface area contributed by atoms with Crippen LogP contribution in [0.15, 0.2) is 0 Å². The van der Waals surface area contributed by atoms with Gasteiger partial charge in [-0.3, -0.25) is 0 Å². The van der Waals surface area contributed by atoms with Gasteiger partial charge in [0.2, 0.25) is 0 Å². The van der Waals surface area contributed by atoms with E-state index in [2.05, 4.69) is 0 Å². The molecule has 96 valence electrons. The van der Waals surface area contributed by atoms with Crippen LogP contribution in [0.5, 0.6) is 0 Å². The predicted molar refractivity (Wildman–Crippen MR) is 60.3 cm³/mol. The van der Waals surface area contributed by atoms with E-state index in [1.165, 1.54) is 0 Å². The third-order valence-electron chi connectivity index (χ3n) is 3.01. The van der Waals surface area contributed by atoms with Gasteiger partial charge in [-0.05, 0) is 13.5 Å². The minimum Gasteiger partial charge on any atom is -0.396 e. The SMILES string of the molecule is COCC(O)CN(C)CC1(CO)CCOC1. The van der Waals surface area contributed by atoms with Crippen LogP contribution < -0.4 is 0 Å². The Morgan fingerprint density at radius 3 is 2.81 bits per heavy atom. The quantitative estimate of drug-likeness (QED) is 0.610. The Labute approximate surface area is 97.0 Å². The monoisotopic (exact) mass is 233 g/mol. The number of methoxy groups -OCH3 is 1. The zero-order valence-electron chi connectivity index (χ0n) is 10.2. The highest BCUT2D eigenvalue weighted by Crippen LogP contribution is 2.28. The average Bonchev–Trinajstić information content (AvgIpc) is 2.67. The molecule has 0 aromatic rings. The van der Waals surface area contributed by atoms with Crippen molar-refractivity contribution in [3.05, 3.63) is 0 Å². The van der Waals surface area contributed by atoms with Crippen LogP contribution in [0.4, 0.5) is 0 Å². The Morgan fingerprint density at radius 2 is 2.31 bits per heavy atom. The van der Waals surface area contributed by atoms with Gasteiger partial charge in [0.1, 0.15) is 0 Å². The maximum atomic E-state index is 9.59. The number of likely N-dealkylation sites (N-methyl/N-ethyl adjacent to an activating group) is 1. The second kappa shape index (κ2) is 6.51. The molecule has 16 heavy (non-hydrogen) atoms. The first kappa shape index (κ1) is 13.9. The molecule has 1 aliphatic heterocycles. The van der Waals surface area contributed by atoms with Gasteiger partial charge in [0.05, 0.1) is 25.9 Å². The molecule has 5 heteroatoms. The molecule has 2 N–H and O–H groups in total. The van der Waals surface area contributed by atoms with Gasteiger partial charge in [0.25, 0.3) is 0 Å². The van der Waals surface area contributed by atoms with E-state index >= 15 is 0 Å². The Hall–Kier alpha value is -0.200. The Balaban J connectivity index is 2.34. The topological polar surface area (TPSA) is 62.2 Å². The molecule has 0 spiro atoms. The fourth-order valence-electron chi connectivity index (χ4n) is 2.19. The largest absolute Gasteiger partial charge is 0.396 e. The standard InChI is InChI=1S/C11H23NO4/c1-12(5-10(14)6-15-2)7-11(8-13)3-4-16-9-11/h10,13-14H,3-9H2,1-2H3. The predicted octanol–water partition coefficient (Wildman–Crippen LogP) is -0.675. The Morgan fingerprint density at radius 1 is 1.56 bits per heavy atom. The van der Waals surface area contributed by atoms with E-state index < -0.39 is 6.10 Å². The minimum atomic E-state index is -0.479. The summed E-state index contributed by atoms with van der Waals surface area (Å²) in [5, 5.41) is 19.0. The van der Waals surface area contributed by atoms with Crippen molar-refractivity contribution >= 4 is 0 Å². The summed E-state index contributed by atoms with van der Waals surface area (Å²) in [5.41, 5.74) is -0.151. The molecular formula is C11H23NO4. The molecule has 2 unspecified atom stereocenters. The van der Waals surface area contributed by atoms with Crippen LogP contribution in [0.25, 0.3) is 0 Å². The van der Waals surface area contributed by atoms with Gasteiger partial charge in [-0.25, -0.2) is 0 Å². The van der Waals surface area contributed by atoms with Gasteiger partial charge in [-0.15, -0.1) is 0 Å². The highest BCUT2D eigenvalue weighted by Gasteiger charge is 2.35. The molecule has 1 heterocycles. The maximum absolute atomic E-state index is 9.59. The number of ether oxygens (including phenoxy) is 2. The summed E-state index contributed by atoms with van der Waals surface area (Å²) in [6.07, 6.45) is 0.405. The van der Waals surface area contributed by atoms with Gasteiger partial charge in [-0.2, -0.15) is 0 Å². The number of aliphatic hydroxyl groups is 2. The zero-order chi connectivity index (χ0) is 12.0. The van der Waals surface area contributed by atoms with Crippen LogP contribution in [0, 0.1) is 5.41 Å². The molecule has 5 nitrogen and oxygen atoms in total. The highest BCUT2D eigenvalue weighted by molar-refractivity contribution is 4.85. The molecule has 0 amide bonds. The van der Waals surface area contributed by atoms with E-state index in [9.17, 15) is 10.2 Å². The van der Waals surface area contributed by atoms with Crippen LogP contribution in [0.1, 0.15) is 6.42 Å². The number of nitrogens with zero attached hydrogens (tertiary/aromatic N) is 1. The lowest BCUT2D eigenvalue weighted by Gasteiger charge is -2.31. The molecule has 0 aliphatic carbocycles. The van der Waals surface area contributed by atoms with Crippen molar-refractivity contribution < 1.29 is 19.7 Å². The maximum Gasteiger partial charge on any atom is 0.0899 e. The minimum absolute atomic E-state index is 0.137. The van der Waals surface area contributed by atoms with Gasteiger partial charge in [0, 0.05) is 32.2 Å². The van der Waals surface area contributed by atoms with E-state index in [-0.39, 0.29) is 12.0 Å². The van der Waals surface area contributed by atoms with Gasteiger partial charge in [0.15, 0.2) is 0 Å². The number of rotatable bonds is 7. The van der Waals surface area contributed by atoms with Crippen molar-refractivity contribution in [2.24, 2.45) is 5.41 Å². The van der Waals surface area contributed by atoms with E-state index in [1.807, 2.05) is 11.9 Å². The lowest BCUT2D eigenvalue weighted by molar-refractivity contribution is 0.0193. The smallest absolute Gasteiger partial charge is 0.0899 e. The van der Waals surface area contributed by atoms with E-state index in [0.717, 1.165) is 19.6 Å². The van der Waals surface area contributed by atoms with Gasteiger partial charge < -0.3 is 24.6 Å². The van der Waals surface area contributed by atoms with Crippen molar-refractivity contribution in [3.63, 3.8) is 0 Å². The van der Waals surface area contributed by atoms with Crippen LogP contribution in [0.2, 0.25) is 0 Å².